The Kier molecular flexibility index (Phi) is 3.79. The second kappa shape index (κ2) is 5.02. The Morgan fingerprint density at radius 1 is 1.44 bits per heavy atom. The maximum Gasteiger partial charge on any atom is 0.506 e. The average molecular weight is 398 g/mol. The van der Waals surface area contributed by atoms with Crippen LogP contribution in [0.25, 0.3) is 10.3 Å². The number of carboxylic acid groups (broad SMARTS) is 1. The molecule has 0 saturated heterocycles. The van der Waals surface area contributed by atoms with Crippen LogP contribution < -0.4 is 4.94 Å². The van der Waals surface area contributed by atoms with Gasteiger partial charge < -0.3 is 14.3 Å². The Morgan fingerprint density at radius 3 is 2.72 bits per heavy atom. The molecule has 2 aromatic rings. The highest BCUT2D eigenvalue weighted by Crippen LogP contribution is 2.38. The molecule has 0 aliphatic carbocycles. The van der Waals surface area contributed by atoms with Crippen molar-refractivity contribution >= 4 is 59.6 Å². The number of rotatable bonds is 2. The van der Waals surface area contributed by atoms with Crippen LogP contribution in [0.2, 0.25) is 0 Å². The number of aryl methyl sites for hydroxylation is 1. The number of hydrogen-bond donors (Lipinski definition) is 1. The van der Waals surface area contributed by atoms with Crippen molar-refractivity contribution in [1.29, 1.82) is 0 Å². The molecule has 5 nitrogen and oxygen atoms in total. The summed E-state index contributed by atoms with van der Waals surface area (Å²) in [6.07, 6.45) is -1.35. The smallest absolute Gasteiger partial charge is 0.450 e. The molecule has 1 N–H and O–H groups in total. The minimum absolute atomic E-state index is 0.112. The van der Waals surface area contributed by atoms with Gasteiger partial charge in [-0.15, -0.1) is 0 Å². The molecule has 0 atom stereocenters. The van der Waals surface area contributed by atoms with Crippen molar-refractivity contribution in [2.75, 3.05) is 0 Å². The van der Waals surface area contributed by atoms with Crippen molar-refractivity contribution in [2.24, 2.45) is 0 Å². The first kappa shape index (κ1) is 13.6. The molecule has 1 aromatic heterocycles. The molecule has 2 rings (SSSR count). The maximum absolute atomic E-state index is 11.3. The summed E-state index contributed by atoms with van der Waals surface area (Å²) >= 11 is 7.65. The first-order chi connectivity index (χ1) is 8.41. The summed E-state index contributed by atoms with van der Waals surface area (Å²) < 4.78 is 11.5. The maximum atomic E-state index is 11.3. The van der Waals surface area contributed by atoms with E-state index in [-0.39, 0.29) is 6.61 Å². The fourth-order valence-corrected chi connectivity index (χ4v) is 3.78. The monoisotopic (exact) mass is 396 g/mol. The van der Waals surface area contributed by atoms with Gasteiger partial charge in [0.05, 0.1) is 4.70 Å². The van der Waals surface area contributed by atoms with Gasteiger partial charge in [0.15, 0.2) is 5.58 Å². The van der Waals surface area contributed by atoms with Crippen LogP contribution in [0.4, 0.5) is 4.79 Å². The van der Waals surface area contributed by atoms with Gasteiger partial charge in [-0.1, -0.05) is 11.3 Å². The Hall–Kier alpha value is -0.860. The summed E-state index contributed by atoms with van der Waals surface area (Å²) in [6.45, 7) is 1.66. The van der Waals surface area contributed by atoms with Crippen molar-refractivity contribution < 1.29 is 19.1 Å². The zero-order valence-electron chi connectivity index (χ0n) is 8.95. The summed E-state index contributed by atoms with van der Waals surface area (Å²) in [5.74, 6) is 0. The predicted molar refractivity (Wildman–Crippen MR) is 73.3 cm³/mol. The largest absolute Gasteiger partial charge is 0.506 e. The normalized spacial score (nSPS) is 10.8. The highest BCUT2D eigenvalue weighted by Gasteiger charge is 2.19. The molecule has 0 bridgehead atoms. The number of ether oxygens (including phenoxy) is 1. The molecule has 18 heavy (non-hydrogen) atoms. The third-order valence-electron chi connectivity index (χ3n) is 2.32. The SMILES string of the molecule is Cc1c(Br)c(COC(=O)O)c(Br)c2sc(=O)oc12. The van der Waals surface area contributed by atoms with E-state index in [4.69, 9.17) is 9.52 Å². The number of hydrogen-bond acceptors (Lipinski definition) is 5. The molecule has 0 aliphatic rings. The van der Waals surface area contributed by atoms with Crippen molar-refractivity contribution in [3.63, 3.8) is 0 Å². The van der Waals surface area contributed by atoms with Gasteiger partial charge in [-0.25, -0.2) is 9.59 Å². The fourth-order valence-electron chi connectivity index (χ4n) is 1.49. The second-order valence-corrected chi connectivity index (χ2v) is 5.93. The fraction of sp³-hybridized carbons (Fsp3) is 0.200. The third kappa shape index (κ3) is 2.32. The Labute approximate surface area is 122 Å². The molecular formula is C10H6Br2O5S. The lowest BCUT2D eigenvalue weighted by molar-refractivity contribution is 0.0850. The molecule has 0 spiro atoms. The molecular weight excluding hydrogens is 392 g/mol. The average Bonchev–Trinajstić information content (AvgIpc) is 2.68. The minimum Gasteiger partial charge on any atom is -0.450 e. The summed E-state index contributed by atoms with van der Waals surface area (Å²) in [5.41, 5.74) is 1.85. The molecule has 0 aliphatic heterocycles. The van der Waals surface area contributed by atoms with Gasteiger partial charge in [-0.3, -0.25) is 0 Å². The standard InChI is InChI=1S/C10H6Br2O5S/c1-3-5(11)4(2-16-9(13)14)6(12)8-7(3)17-10(15)18-8/h2H2,1H3,(H,13,14). The van der Waals surface area contributed by atoms with Crippen molar-refractivity contribution in [3.8, 4) is 0 Å². The summed E-state index contributed by atoms with van der Waals surface area (Å²) in [5, 5.41) is 8.52. The van der Waals surface area contributed by atoms with Crippen LogP contribution in [0, 0.1) is 6.92 Å². The number of fused-ring (bicyclic) bond motifs is 1. The van der Waals surface area contributed by atoms with Gasteiger partial charge in [-0.05, 0) is 38.8 Å². The molecule has 96 valence electrons. The quantitative estimate of drug-likeness (QED) is 0.778. The van der Waals surface area contributed by atoms with E-state index in [1.165, 1.54) is 0 Å². The van der Waals surface area contributed by atoms with Crippen LogP contribution in [-0.4, -0.2) is 11.3 Å². The first-order valence-corrected chi connectivity index (χ1v) is 7.08. The molecule has 1 aromatic carbocycles. The van der Waals surface area contributed by atoms with E-state index >= 15 is 0 Å². The first-order valence-electron chi connectivity index (χ1n) is 4.67. The Bertz CT molecular complexity index is 688. The van der Waals surface area contributed by atoms with Crippen LogP contribution in [0.15, 0.2) is 18.2 Å². The van der Waals surface area contributed by atoms with Crippen LogP contribution >= 0.6 is 43.2 Å². The van der Waals surface area contributed by atoms with E-state index in [1.807, 2.05) is 0 Å². The highest BCUT2D eigenvalue weighted by atomic mass is 79.9. The van der Waals surface area contributed by atoms with E-state index in [0.29, 0.717) is 24.8 Å². The van der Waals surface area contributed by atoms with Gasteiger partial charge in [0.25, 0.3) is 0 Å². The summed E-state index contributed by atoms with van der Waals surface area (Å²) in [7, 11) is 0. The minimum atomic E-state index is -1.35. The van der Waals surface area contributed by atoms with E-state index in [2.05, 4.69) is 36.6 Å². The van der Waals surface area contributed by atoms with Crippen molar-refractivity contribution in [3.05, 3.63) is 29.8 Å². The molecule has 1 heterocycles. The lowest BCUT2D eigenvalue weighted by atomic mass is 10.1. The molecule has 0 fully saturated rings. The summed E-state index contributed by atoms with van der Waals surface area (Å²) in [6, 6.07) is 0. The molecule has 0 unspecified atom stereocenters. The highest BCUT2D eigenvalue weighted by molar-refractivity contribution is 9.11. The number of benzene rings is 1. The van der Waals surface area contributed by atoms with E-state index < -0.39 is 11.1 Å². The lowest BCUT2D eigenvalue weighted by Gasteiger charge is -2.10. The van der Waals surface area contributed by atoms with Gasteiger partial charge >= 0.3 is 11.1 Å². The van der Waals surface area contributed by atoms with Crippen LogP contribution in [-0.2, 0) is 11.3 Å². The third-order valence-corrected chi connectivity index (χ3v) is 5.37. The zero-order valence-corrected chi connectivity index (χ0v) is 12.9. The van der Waals surface area contributed by atoms with Crippen molar-refractivity contribution in [2.45, 2.75) is 13.5 Å². The molecule has 8 heteroatoms. The van der Waals surface area contributed by atoms with Gasteiger partial charge in [0.1, 0.15) is 6.61 Å². The Morgan fingerprint density at radius 2 is 2.11 bits per heavy atom. The molecule has 0 amide bonds. The van der Waals surface area contributed by atoms with Crippen molar-refractivity contribution in [1.82, 2.24) is 0 Å². The zero-order chi connectivity index (χ0) is 13.4. The lowest BCUT2D eigenvalue weighted by Crippen LogP contribution is -2.02. The number of carbonyl (C=O) groups is 1. The van der Waals surface area contributed by atoms with Gasteiger partial charge in [0, 0.05) is 20.1 Å². The van der Waals surface area contributed by atoms with Crippen LogP contribution in [0.5, 0.6) is 0 Å². The van der Waals surface area contributed by atoms with E-state index in [9.17, 15) is 9.59 Å². The predicted octanol–water partition coefficient (Wildman–Crippen LogP) is 3.88. The number of halogens is 2. The van der Waals surface area contributed by atoms with Gasteiger partial charge in [-0.2, -0.15) is 0 Å². The van der Waals surface area contributed by atoms with Crippen LogP contribution in [0.3, 0.4) is 0 Å². The van der Waals surface area contributed by atoms with Gasteiger partial charge in [0.2, 0.25) is 0 Å². The molecule has 0 radical (unpaired) electrons. The van der Waals surface area contributed by atoms with E-state index in [1.54, 1.807) is 6.92 Å². The topological polar surface area (TPSA) is 76.7 Å². The van der Waals surface area contributed by atoms with Crippen LogP contribution in [0.1, 0.15) is 11.1 Å². The molecule has 0 saturated carbocycles. The van der Waals surface area contributed by atoms with E-state index in [0.717, 1.165) is 16.9 Å². The summed E-state index contributed by atoms with van der Waals surface area (Å²) in [4.78, 5) is 21.3. The Balaban J connectivity index is 2.66. The second-order valence-electron chi connectivity index (χ2n) is 3.40.